The van der Waals surface area contributed by atoms with Gasteiger partial charge in [-0.1, -0.05) is 119 Å². The topological polar surface area (TPSA) is 142 Å². The molecule has 326 valence electrons. The van der Waals surface area contributed by atoms with Gasteiger partial charge in [0.05, 0.1) is 23.8 Å². The Labute approximate surface area is 376 Å². The summed E-state index contributed by atoms with van der Waals surface area (Å²) < 4.78 is 0. The second-order valence-corrected chi connectivity index (χ2v) is 20.3. The summed E-state index contributed by atoms with van der Waals surface area (Å²) in [7, 11) is 0. The Kier molecular flexibility index (Phi) is 13.1. The van der Waals surface area contributed by atoms with Gasteiger partial charge in [-0.25, -0.2) is 0 Å². The maximum absolute atomic E-state index is 13.5. The zero-order chi connectivity index (χ0) is 46.8. The Balaban J connectivity index is 1.46. The lowest BCUT2D eigenvalue weighted by molar-refractivity contribution is -0.114. The number of rotatable bonds is 9. The largest absolute Gasteiger partial charge is 0.289 e. The van der Waals surface area contributed by atoms with Gasteiger partial charge in [0.25, 0.3) is 0 Å². The lowest BCUT2D eigenvalue weighted by Crippen LogP contribution is -2.27. The van der Waals surface area contributed by atoms with E-state index < -0.39 is 0 Å². The molecule has 10 nitrogen and oxygen atoms in total. The van der Waals surface area contributed by atoms with Crippen molar-refractivity contribution in [3.05, 3.63) is 165 Å². The number of carbonyl (C=O) groups excluding carboxylic acids is 2. The highest BCUT2D eigenvalue weighted by Gasteiger charge is 2.35. The summed E-state index contributed by atoms with van der Waals surface area (Å²) in [6.45, 7) is 24.4. The van der Waals surface area contributed by atoms with Crippen LogP contribution in [0.2, 0.25) is 0 Å². The molecule has 4 aromatic carbocycles. The SMILES string of the molecule is CC(C)(C)C1=CC(=CN=Nc2ccc(-c3ccc(N=NC=C4C=C(C(C)(C)C)C(=O)C(C(C)(C)C)=C4)cc3-c3ccc(N=O)cc3)c(-c3ccc(N=O)cc3)c2)C=C(C(C)(C)C)C1=O. The fourth-order valence-electron chi connectivity index (χ4n) is 7.54. The van der Waals surface area contributed by atoms with E-state index in [2.05, 4.69) is 30.8 Å². The van der Waals surface area contributed by atoms with Gasteiger partial charge in [0, 0.05) is 22.3 Å². The molecule has 0 atom stereocenters. The number of ketones is 2. The van der Waals surface area contributed by atoms with Crippen LogP contribution in [0, 0.1) is 31.5 Å². The van der Waals surface area contributed by atoms with Crippen molar-refractivity contribution in [3.63, 3.8) is 0 Å². The molecule has 0 saturated carbocycles. The second-order valence-electron chi connectivity index (χ2n) is 20.3. The van der Waals surface area contributed by atoms with Crippen LogP contribution >= 0.6 is 0 Å². The summed E-state index contributed by atoms with van der Waals surface area (Å²) in [5.41, 5.74) is 9.76. The molecule has 0 fully saturated rings. The van der Waals surface area contributed by atoms with Gasteiger partial charge in [-0.05, 0) is 149 Å². The molecule has 0 aliphatic heterocycles. The zero-order valence-corrected chi connectivity index (χ0v) is 38.9. The average Bonchev–Trinajstić information content (AvgIpc) is 3.23. The molecule has 0 bridgehead atoms. The number of hydrogen-bond acceptors (Lipinski definition) is 10. The van der Waals surface area contributed by atoms with Crippen LogP contribution in [-0.2, 0) is 9.59 Å². The van der Waals surface area contributed by atoms with E-state index in [0.717, 1.165) is 66.8 Å². The number of hydrogen-bond donors (Lipinski definition) is 0. The molecule has 0 heterocycles. The van der Waals surface area contributed by atoms with Crippen LogP contribution < -0.4 is 0 Å². The number of nitrogens with zero attached hydrogens (tertiary/aromatic N) is 6. The number of allylic oxidation sites excluding steroid dienone is 10. The normalized spacial score (nSPS) is 15.2. The van der Waals surface area contributed by atoms with Crippen LogP contribution in [0.1, 0.15) is 83.1 Å². The van der Waals surface area contributed by atoms with E-state index in [0.29, 0.717) is 22.7 Å². The standard InChI is InChI=1S/C54H56N6O4/c1-51(2,3)45-25-33(26-46(49(45)61)52(4,5)6)31-55-57-39-21-23-41(43(29-39)35-13-17-37(59-63)18-14-35)42-24-22-40(30-44(42)36-15-19-38(60-64)20-16-36)58-56-32-34-27-47(53(7,8)9)50(62)48(28-34)54(10,11)12/h13-32H,1-12H3. The Morgan fingerprint density at radius 1 is 0.375 bits per heavy atom. The van der Waals surface area contributed by atoms with E-state index in [1.807, 2.05) is 168 Å². The molecule has 0 amide bonds. The van der Waals surface area contributed by atoms with Crippen molar-refractivity contribution in [1.82, 2.24) is 0 Å². The molecule has 0 radical (unpaired) electrons. The first-order chi connectivity index (χ1) is 30.0. The third-order valence-electron chi connectivity index (χ3n) is 11.1. The van der Waals surface area contributed by atoms with Gasteiger partial charge < -0.3 is 0 Å². The number of carbonyl (C=O) groups is 2. The van der Waals surface area contributed by atoms with Crippen LogP contribution in [-0.4, -0.2) is 11.6 Å². The fraction of sp³-hybridized carbons (Fsp3) is 0.296. The van der Waals surface area contributed by atoms with Crippen molar-refractivity contribution >= 4 is 34.3 Å². The van der Waals surface area contributed by atoms with Gasteiger partial charge in [0.2, 0.25) is 0 Å². The van der Waals surface area contributed by atoms with Crippen molar-refractivity contribution in [3.8, 4) is 33.4 Å². The van der Waals surface area contributed by atoms with E-state index >= 15 is 0 Å². The van der Waals surface area contributed by atoms with Crippen LogP contribution in [0.5, 0.6) is 0 Å². The van der Waals surface area contributed by atoms with E-state index in [1.54, 1.807) is 36.7 Å². The predicted octanol–water partition coefficient (Wildman–Crippen LogP) is 16.5. The number of benzene rings is 4. The third kappa shape index (κ3) is 10.6. The smallest absolute Gasteiger partial charge is 0.186 e. The summed E-state index contributed by atoms with van der Waals surface area (Å²) in [6.07, 6.45) is 10.9. The first-order valence-electron chi connectivity index (χ1n) is 21.3. The molecule has 10 heteroatoms. The second kappa shape index (κ2) is 18.0. The molecule has 2 aliphatic carbocycles. The maximum Gasteiger partial charge on any atom is 0.186 e. The Hall–Kier alpha value is -6.94. The van der Waals surface area contributed by atoms with Gasteiger partial charge in [-0.15, -0.1) is 9.81 Å². The quantitative estimate of drug-likeness (QED) is 0.122. The zero-order valence-electron chi connectivity index (χ0n) is 38.9. The fourth-order valence-corrected chi connectivity index (χ4v) is 7.54. The molecule has 2 aliphatic rings. The highest BCUT2D eigenvalue weighted by molar-refractivity contribution is 6.12. The average molecular weight is 853 g/mol. The number of nitroso groups, excluding NO2 is 2. The minimum Gasteiger partial charge on any atom is -0.289 e. The molecule has 0 aromatic heterocycles. The van der Waals surface area contributed by atoms with Gasteiger partial charge in [0.15, 0.2) is 11.6 Å². The van der Waals surface area contributed by atoms with Crippen LogP contribution in [0.15, 0.2) is 186 Å². The van der Waals surface area contributed by atoms with Crippen molar-refractivity contribution in [1.29, 1.82) is 0 Å². The maximum atomic E-state index is 13.5. The van der Waals surface area contributed by atoms with E-state index in [4.69, 9.17) is 0 Å². The molecule has 64 heavy (non-hydrogen) atoms. The number of Topliss-reactive ketones (excluding diaryl/α,β-unsaturated/α-hetero) is 2. The van der Waals surface area contributed by atoms with Gasteiger partial charge in [0.1, 0.15) is 11.4 Å². The van der Waals surface area contributed by atoms with E-state index in [-0.39, 0.29) is 33.2 Å². The lowest BCUT2D eigenvalue weighted by Gasteiger charge is -2.31. The number of azo groups is 2. The van der Waals surface area contributed by atoms with Gasteiger partial charge >= 0.3 is 0 Å². The minimum atomic E-state index is -0.359. The van der Waals surface area contributed by atoms with Crippen LogP contribution in [0.25, 0.3) is 33.4 Å². The Morgan fingerprint density at radius 2 is 0.656 bits per heavy atom. The van der Waals surface area contributed by atoms with Crippen molar-refractivity contribution in [2.24, 2.45) is 52.5 Å². The summed E-state index contributed by atoms with van der Waals surface area (Å²) >= 11 is 0. The molecule has 0 saturated heterocycles. The van der Waals surface area contributed by atoms with Gasteiger partial charge in [-0.2, -0.15) is 20.5 Å². The van der Waals surface area contributed by atoms with E-state index in [1.165, 1.54) is 0 Å². The summed E-state index contributed by atoms with van der Waals surface area (Å²) in [5, 5.41) is 24.4. The van der Waals surface area contributed by atoms with Crippen LogP contribution in [0.3, 0.4) is 0 Å². The summed E-state index contributed by atoms with van der Waals surface area (Å²) in [6, 6.07) is 25.6. The summed E-state index contributed by atoms with van der Waals surface area (Å²) in [4.78, 5) is 49.8. The summed E-state index contributed by atoms with van der Waals surface area (Å²) in [5.74, 6) is 0.0958. The first-order valence-corrected chi connectivity index (χ1v) is 21.3. The third-order valence-corrected chi connectivity index (χ3v) is 11.1. The Morgan fingerprint density at radius 3 is 0.922 bits per heavy atom. The van der Waals surface area contributed by atoms with Crippen molar-refractivity contribution in [2.75, 3.05) is 0 Å². The Bertz CT molecular complexity index is 2520. The monoisotopic (exact) mass is 852 g/mol. The first kappa shape index (κ1) is 46.6. The van der Waals surface area contributed by atoms with Crippen molar-refractivity contribution in [2.45, 2.75) is 83.1 Å². The molecule has 6 rings (SSSR count). The lowest BCUT2D eigenvalue weighted by atomic mass is 9.72. The minimum absolute atomic E-state index is 0.0479. The molecule has 4 aromatic rings. The van der Waals surface area contributed by atoms with Gasteiger partial charge in [-0.3, -0.25) is 9.59 Å². The molecule has 0 unspecified atom stereocenters. The highest BCUT2D eigenvalue weighted by Crippen LogP contribution is 2.44. The molecule has 0 N–H and O–H groups in total. The highest BCUT2D eigenvalue weighted by atomic mass is 16.3. The van der Waals surface area contributed by atoms with E-state index in [9.17, 15) is 19.4 Å². The molecular formula is C54H56N6O4. The molecular weight excluding hydrogens is 797 g/mol. The van der Waals surface area contributed by atoms with Crippen LogP contribution in [0.4, 0.5) is 22.7 Å². The molecule has 0 spiro atoms. The van der Waals surface area contributed by atoms with Crippen molar-refractivity contribution < 1.29 is 9.59 Å². The predicted molar refractivity (Wildman–Crippen MR) is 259 cm³/mol.